The number of nitrogens with zero attached hydrogens (tertiary/aromatic N) is 2. The monoisotopic (exact) mass is 297 g/mol. The molecule has 2 N–H and O–H groups in total. The van der Waals surface area contributed by atoms with E-state index in [1.165, 1.54) is 11.3 Å². The molecule has 5 nitrogen and oxygen atoms in total. The normalized spacial score (nSPS) is 12.1. The van der Waals surface area contributed by atoms with Crippen LogP contribution in [0.1, 0.15) is 17.5 Å². The Labute approximate surface area is 119 Å². The van der Waals surface area contributed by atoms with E-state index in [1.54, 1.807) is 6.92 Å². The van der Waals surface area contributed by atoms with Crippen molar-refractivity contribution in [3.05, 3.63) is 39.9 Å². The Bertz CT molecular complexity index is 571. The summed E-state index contributed by atoms with van der Waals surface area (Å²) in [6.45, 7) is 1.56. The molecule has 100 valence electrons. The second-order valence-electron chi connectivity index (χ2n) is 4.01. The molecule has 19 heavy (non-hydrogen) atoms. The quantitative estimate of drug-likeness (QED) is 0.887. The van der Waals surface area contributed by atoms with Gasteiger partial charge < -0.3 is 10.4 Å². The van der Waals surface area contributed by atoms with Crippen molar-refractivity contribution in [3.8, 4) is 0 Å². The Hall–Kier alpha value is -1.66. The second-order valence-corrected chi connectivity index (χ2v) is 5.51. The summed E-state index contributed by atoms with van der Waals surface area (Å²) >= 11 is 7.16. The van der Waals surface area contributed by atoms with Crippen molar-refractivity contribution in [1.29, 1.82) is 0 Å². The molecule has 0 spiro atoms. The van der Waals surface area contributed by atoms with E-state index < -0.39 is 12.0 Å². The Morgan fingerprint density at radius 1 is 1.42 bits per heavy atom. The van der Waals surface area contributed by atoms with E-state index in [1.807, 2.05) is 24.3 Å². The zero-order valence-corrected chi connectivity index (χ0v) is 11.7. The molecular weight excluding hydrogens is 286 g/mol. The molecule has 0 saturated heterocycles. The molecule has 0 aliphatic heterocycles. The smallest absolute Gasteiger partial charge is 0.325 e. The minimum Gasteiger partial charge on any atom is -0.480 e. The van der Waals surface area contributed by atoms with E-state index in [0.717, 1.165) is 10.6 Å². The van der Waals surface area contributed by atoms with Gasteiger partial charge in [0.2, 0.25) is 5.13 Å². The predicted molar refractivity (Wildman–Crippen MR) is 74.9 cm³/mol. The molecule has 0 radical (unpaired) electrons. The Morgan fingerprint density at radius 3 is 2.74 bits per heavy atom. The van der Waals surface area contributed by atoms with Crippen LogP contribution in [0, 0.1) is 0 Å². The van der Waals surface area contributed by atoms with Crippen LogP contribution in [-0.4, -0.2) is 27.3 Å². The average Bonchev–Trinajstić information content (AvgIpc) is 2.79. The van der Waals surface area contributed by atoms with Crippen LogP contribution in [0.2, 0.25) is 5.02 Å². The van der Waals surface area contributed by atoms with Crippen LogP contribution >= 0.6 is 22.9 Å². The van der Waals surface area contributed by atoms with E-state index in [-0.39, 0.29) is 0 Å². The number of hydrogen-bond acceptors (Lipinski definition) is 5. The maximum absolute atomic E-state index is 10.7. The Kier molecular flexibility index (Phi) is 4.34. The number of carboxylic acids is 1. The van der Waals surface area contributed by atoms with Crippen LogP contribution in [-0.2, 0) is 11.2 Å². The van der Waals surface area contributed by atoms with Crippen LogP contribution < -0.4 is 5.32 Å². The molecule has 1 aromatic heterocycles. The molecule has 0 saturated carbocycles. The van der Waals surface area contributed by atoms with Gasteiger partial charge in [-0.1, -0.05) is 35.1 Å². The number of aromatic nitrogens is 2. The van der Waals surface area contributed by atoms with E-state index in [2.05, 4.69) is 15.5 Å². The number of halogens is 1. The maximum Gasteiger partial charge on any atom is 0.325 e. The summed E-state index contributed by atoms with van der Waals surface area (Å²) in [5.41, 5.74) is 1.08. The minimum atomic E-state index is -0.922. The van der Waals surface area contributed by atoms with Crippen molar-refractivity contribution in [2.45, 2.75) is 19.4 Å². The van der Waals surface area contributed by atoms with Crippen LogP contribution in [0.15, 0.2) is 24.3 Å². The largest absolute Gasteiger partial charge is 0.480 e. The van der Waals surface area contributed by atoms with Crippen molar-refractivity contribution in [2.24, 2.45) is 0 Å². The topological polar surface area (TPSA) is 75.1 Å². The fourth-order valence-corrected chi connectivity index (χ4v) is 2.39. The van der Waals surface area contributed by atoms with Gasteiger partial charge in [-0.3, -0.25) is 4.79 Å². The first-order chi connectivity index (χ1) is 9.04. The summed E-state index contributed by atoms with van der Waals surface area (Å²) in [6.07, 6.45) is 0.651. The summed E-state index contributed by atoms with van der Waals surface area (Å²) in [5, 5.41) is 21.5. The van der Waals surface area contributed by atoms with Crippen molar-refractivity contribution in [2.75, 3.05) is 5.32 Å². The molecule has 2 aromatic rings. The van der Waals surface area contributed by atoms with E-state index in [9.17, 15) is 4.79 Å². The fourth-order valence-electron chi connectivity index (χ4n) is 1.41. The number of carbonyl (C=O) groups is 1. The van der Waals surface area contributed by atoms with Gasteiger partial charge in [0.05, 0.1) is 0 Å². The van der Waals surface area contributed by atoms with Crippen LogP contribution in [0.3, 0.4) is 0 Å². The first-order valence-electron chi connectivity index (χ1n) is 5.61. The Morgan fingerprint density at radius 2 is 2.11 bits per heavy atom. The lowest BCUT2D eigenvalue weighted by Gasteiger charge is -2.05. The molecule has 1 heterocycles. The number of carboxylic acid groups (broad SMARTS) is 1. The molecule has 0 fully saturated rings. The van der Waals surface area contributed by atoms with Gasteiger partial charge in [0.1, 0.15) is 11.0 Å². The summed E-state index contributed by atoms with van der Waals surface area (Å²) in [6, 6.07) is 6.82. The molecular formula is C12H12ClN3O2S. The molecule has 0 bridgehead atoms. The van der Waals surface area contributed by atoms with Gasteiger partial charge in [-0.15, -0.1) is 10.2 Å². The molecule has 0 aliphatic rings. The van der Waals surface area contributed by atoms with E-state index >= 15 is 0 Å². The predicted octanol–water partition coefficient (Wildman–Crippen LogP) is 2.67. The molecule has 2 rings (SSSR count). The average molecular weight is 298 g/mol. The van der Waals surface area contributed by atoms with Gasteiger partial charge in [0, 0.05) is 11.4 Å². The van der Waals surface area contributed by atoms with Gasteiger partial charge in [0.25, 0.3) is 0 Å². The first-order valence-corrected chi connectivity index (χ1v) is 6.80. The third-order valence-electron chi connectivity index (χ3n) is 2.45. The lowest BCUT2D eigenvalue weighted by molar-refractivity contribution is -0.137. The number of hydrogen-bond donors (Lipinski definition) is 2. The lowest BCUT2D eigenvalue weighted by atomic mass is 10.2. The SMILES string of the molecule is CC(Nc1nnc(Cc2ccc(Cl)cc2)s1)C(=O)O. The highest BCUT2D eigenvalue weighted by molar-refractivity contribution is 7.15. The summed E-state index contributed by atoms with van der Waals surface area (Å²) in [5.74, 6) is -0.922. The summed E-state index contributed by atoms with van der Waals surface area (Å²) < 4.78 is 0. The highest BCUT2D eigenvalue weighted by Crippen LogP contribution is 2.20. The lowest BCUT2D eigenvalue weighted by Crippen LogP contribution is -2.25. The number of nitrogens with one attached hydrogen (secondary N) is 1. The van der Waals surface area contributed by atoms with Gasteiger partial charge in [-0.05, 0) is 24.6 Å². The van der Waals surface area contributed by atoms with Crippen molar-refractivity contribution >= 4 is 34.0 Å². The molecule has 1 atom stereocenters. The maximum atomic E-state index is 10.7. The van der Waals surface area contributed by atoms with E-state index in [4.69, 9.17) is 16.7 Å². The van der Waals surface area contributed by atoms with Gasteiger partial charge in [0.15, 0.2) is 0 Å². The van der Waals surface area contributed by atoms with Crippen LogP contribution in [0.25, 0.3) is 0 Å². The highest BCUT2D eigenvalue weighted by atomic mass is 35.5. The molecule has 7 heteroatoms. The first kappa shape index (κ1) is 13.8. The molecule has 1 aromatic carbocycles. The summed E-state index contributed by atoms with van der Waals surface area (Å²) in [4.78, 5) is 10.7. The zero-order valence-electron chi connectivity index (χ0n) is 10.1. The number of aliphatic carboxylic acids is 1. The fraction of sp³-hybridized carbons (Fsp3) is 0.250. The van der Waals surface area contributed by atoms with Crippen molar-refractivity contribution < 1.29 is 9.90 Å². The molecule has 0 amide bonds. The zero-order chi connectivity index (χ0) is 13.8. The Balaban J connectivity index is 2.01. The van der Waals surface area contributed by atoms with Crippen LogP contribution in [0.5, 0.6) is 0 Å². The molecule has 0 aliphatic carbocycles. The van der Waals surface area contributed by atoms with E-state index in [0.29, 0.717) is 16.6 Å². The number of benzene rings is 1. The second kappa shape index (κ2) is 5.99. The van der Waals surface area contributed by atoms with Gasteiger partial charge in [-0.2, -0.15) is 0 Å². The number of rotatable bonds is 5. The minimum absolute atomic E-state index is 0.513. The third-order valence-corrected chi connectivity index (χ3v) is 3.55. The van der Waals surface area contributed by atoms with Gasteiger partial charge >= 0.3 is 5.97 Å². The van der Waals surface area contributed by atoms with Crippen LogP contribution in [0.4, 0.5) is 5.13 Å². The molecule has 1 unspecified atom stereocenters. The van der Waals surface area contributed by atoms with Gasteiger partial charge in [-0.25, -0.2) is 0 Å². The highest BCUT2D eigenvalue weighted by Gasteiger charge is 2.13. The summed E-state index contributed by atoms with van der Waals surface area (Å²) in [7, 11) is 0. The number of anilines is 1. The van der Waals surface area contributed by atoms with Crippen molar-refractivity contribution in [1.82, 2.24) is 10.2 Å². The third kappa shape index (κ3) is 3.90. The standard InChI is InChI=1S/C12H12ClN3O2S/c1-7(11(17)18)14-12-16-15-10(19-12)6-8-2-4-9(13)5-3-8/h2-5,7H,6H2,1H3,(H,14,16)(H,17,18). The van der Waals surface area contributed by atoms with Crippen molar-refractivity contribution in [3.63, 3.8) is 0 Å².